The predicted octanol–water partition coefficient (Wildman–Crippen LogP) is 3.60. The molecule has 0 fully saturated rings. The van der Waals surface area contributed by atoms with Gasteiger partial charge in [0.15, 0.2) is 5.78 Å². The summed E-state index contributed by atoms with van der Waals surface area (Å²) >= 11 is 0. The lowest BCUT2D eigenvalue weighted by Gasteiger charge is -2.34. The van der Waals surface area contributed by atoms with E-state index >= 15 is 0 Å². The summed E-state index contributed by atoms with van der Waals surface area (Å²) < 4.78 is 5.73. The van der Waals surface area contributed by atoms with Crippen molar-refractivity contribution >= 4 is 5.78 Å². The van der Waals surface area contributed by atoms with Crippen LogP contribution in [0.2, 0.25) is 0 Å². The number of ketones is 1. The van der Waals surface area contributed by atoms with Crippen molar-refractivity contribution in [1.82, 2.24) is 0 Å². The Morgan fingerprint density at radius 3 is 2.52 bits per heavy atom. The number of nitrogens with zero attached hydrogens (tertiary/aromatic N) is 1. The van der Waals surface area contributed by atoms with Crippen LogP contribution in [0.15, 0.2) is 77.4 Å². The van der Waals surface area contributed by atoms with Crippen molar-refractivity contribution in [3.8, 4) is 11.8 Å². The third kappa shape index (κ3) is 2.96. The Balaban J connectivity index is 1.80. The van der Waals surface area contributed by atoms with Gasteiger partial charge in [0.05, 0.1) is 5.92 Å². The molecule has 0 bridgehead atoms. The van der Waals surface area contributed by atoms with Crippen molar-refractivity contribution in [2.45, 2.75) is 24.7 Å². The largest absolute Gasteiger partial charge is 0.508 e. The van der Waals surface area contributed by atoms with Crippen LogP contribution in [0.3, 0.4) is 0 Å². The third-order valence-corrected chi connectivity index (χ3v) is 5.14. The Hall–Kier alpha value is -3.52. The van der Waals surface area contributed by atoms with E-state index in [9.17, 15) is 15.2 Å². The van der Waals surface area contributed by atoms with E-state index in [4.69, 9.17) is 10.5 Å². The predicted molar refractivity (Wildman–Crippen MR) is 99.2 cm³/mol. The first kappa shape index (κ1) is 16.9. The molecule has 1 heterocycles. The molecule has 0 amide bonds. The Bertz CT molecular complexity index is 1020. The van der Waals surface area contributed by atoms with Gasteiger partial charge in [0.1, 0.15) is 23.2 Å². The van der Waals surface area contributed by atoms with E-state index in [1.165, 1.54) is 0 Å². The lowest BCUT2D eigenvalue weighted by atomic mass is 9.73. The van der Waals surface area contributed by atoms with Gasteiger partial charge in [-0.25, -0.2) is 0 Å². The molecule has 1 aliphatic carbocycles. The van der Waals surface area contributed by atoms with Crippen LogP contribution in [0.1, 0.15) is 35.8 Å². The van der Waals surface area contributed by atoms with Crippen LogP contribution in [0.25, 0.3) is 0 Å². The quantitative estimate of drug-likeness (QED) is 0.855. The molecule has 2 atom stereocenters. The van der Waals surface area contributed by atoms with E-state index in [2.05, 4.69) is 6.07 Å². The highest BCUT2D eigenvalue weighted by Crippen LogP contribution is 2.46. The number of nitriles is 1. The van der Waals surface area contributed by atoms with E-state index in [0.29, 0.717) is 29.7 Å². The molecule has 134 valence electrons. The number of benzene rings is 2. The Morgan fingerprint density at radius 1 is 1.07 bits per heavy atom. The van der Waals surface area contributed by atoms with E-state index < -0.39 is 5.92 Å². The number of carbonyl (C=O) groups excluding carboxylic acids is 1. The second-order valence-corrected chi connectivity index (χ2v) is 6.80. The molecular formula is C22H18N2O3. The van der Waals surface area contributed by atoms with Gasteiger partial charge in [-0.3, -0.25) is 4.79 Å². The number of Topliss-reactive ketones (excluding diaryl/α,β-unsaturated/α-hetero) is 1. The zero-order valence-corrected chi connectivity index (χ0v) is 14.6. The van der Waals surface area contributed by atoms with Crippen LogP contribution in [-0.2, 0) is 9.53 Å². The molecular weight excluding hydrogens is 340 g/mol. The lowest BCUT2D eigenvalue weighted by molar-refractivity contribution is -0.117. The number of hydrogen-bond acceptors (Lipinski definition) is 5. The molecule has 2 aromatic rings. The maximum Gasteiger partial charge on any atom is 0.205 e. The molecule has 0 saturated carbocycles. The molecule has 0 radical (unpaired) electrons. The van der Waals surface area contributed by atoms with Crippen molar-refractivity contribution < 1.29 is 14.6 Å². The van der Waals surface area contributed by atoms with Gasteiger partial charge in [0.25, 0.3) is 0 Å². The van der Waals surface area contributed by atoms with Gasteiger partial charge in [0, 0.05) is 18.4 Å². The number of allylic oxidation sites excluding steroid dienone is 3. The average Bonchev–Trinajstić information content (AvgIpc) is 2.67. The SMILES string of the molecule is N#CC1=C(N)OC2=C(C(=O)C[C@@H](c3ccccc3)C2)[C@H]1c1cccc(O)c1. The first-order chi connectivity index (χ1) is 13.1. The molecule has 0 unspecified atom stereocenters. The fraction of sp³-hybridized carbons (Fsp3) is 0.182. The number of rotatable bonds is 2. The molecule has 5 heteroatoms. The summed E-state index contributed by atoms with van der Waals surface area (Å²) in [6.07, 6.45) is 0.889. The molecule has 5 nitrogen and oxygen atoms in total. The Morgan fingerprint density at radius 2 is 1.81 bits per heavy atom. The minimum absolute atomic E-state index is 0.0127. The van der Waals surface area contributed by atoms with Crippen LogP contribution < -0.4 is 5.73 Å². The average molecular weight is 358 g/mol. The summed E-state index contributed by atoms with van der Waals surface area (Å²) in [6.45, 7) is 0. The lowest BCUT2D eigenvalue weighted by Crippen LogP contribution is -2.29. The first-order valence-electron chi connectivity index (χ1n) is 8.76. The number of phenols is 1. The highest BCUT2D eigenvalue weighted by molar-refractivity contribution is 6.00. The summed E-state index contributed by atoms with van der Waals surface area (Å²) in [5, 5.41) is 19.5. The van der Waals surface area contributed by atoms with Crippen molar-refractivity contribution in [3.63, 3.8) is 0 Å². The monoisotopic (exact) mass is 358 g/mol. The zero-order valence-electron chi connectivity index (χ0n) is 14.6. The first-order valence-corrected chi connectivity index (χ1v) is 8.76. The van der Waals surface area contributed by atoms with E-state index in [1.54, 1.807) is 24.3 Å². The van der Waals surface area contributed by atoms with Crippen LogP contribution in [0.4, 0.5) is 0 Å². The van der Waals surface area contributed by atoms with Crippen molar-refractivity contribution in [1.29, 1.82) is 5.26 Å². The van der Waals surface area contributed by atoms with Crippen LogP contribution in [-0.4, -0.2) is 10.9 Å². The minimum Gasteiger partial charge on any atom is -0.508 e. The molecule has 0 saturated heterocycles. The van der Waals surface area contributed by atoms with E-state index in [1.807, 2.05) is 30.3 Å². The maximum absolute atomic E-state index is 13.1. The smallest absolute Gasteiger partial charge is 0.205 e. The summed E-state index contributed by atoms with van der Waals surface area (Å²) in [7, 11) is 0. The second kappa shape index (κ2) is 6.65. The fourth-order valence-electron chi connectivity index (χ4n) is 3.91. The zero-order chi connectivity index (χ0) is 19.0. The van der Waals surface area contributed by atoms with Gasteiger partial charge in [-0.1, -0.05) is 42.5 Å². The summed E-state index contributed by atoms with van der Waals surface area (Å²) in [5.41, 5.74) is 8.41. The van der Waals surface area contributed by atoms with Crippen molar-refractivity contribution in [2.75, 3.05) is 0 Å². The van der Waals surface area contributed by atoms with Crippen molar-refractivity contribution in [3.05, 3.63) is 88.5 Å². The van der Waals surface area contributed by atoms with Crippen LogP contribution >= 0.6 is 0 Å². The molecule has 0 aromatic heterocycles. The highest BCUT2D eigenvalue weighted by Gasteiger charge is 2.40. The molecule has 2 aliphatic rings. The number of carbonyl (C=O) groups is 1. The molecule has 3 N–H and O–H groups in total. The fourth-order valence-corrected chi connectivity index (χ4v) is 3.91. The Labute approximate surface area is 157 Å². The normalized spacial score (nSPS) is 22.1. The van der Waals surface area contributed by atoms with Gasteiger partial charge >= 0.3 is 0 Å². The minimum atomic E-state index is -0.616. The molecule has 27 heavy (non-hydrogen) atoms. The van der Waals surface area contributed by atoms with Gasteiger partial charge in [0.2, 0.25) is 5.88 Å². The van der Waals surface area contributed by atoms with Gasteiger partial charge in [-0.05, 0) is 29.2 Å². The summed E-state index contributed by atoms with van der Waals surface area (Å²) in [4.78, 5) is 13.1. The number of phenolic OH excluding ortho intramolecular Hbond substituents is 1. The summed E-state index contributed by atoms with van der Waals surface area (Å²) in [5.74, 6) is -0.0500. The van der Waals surface area contributed by atoms with Crippen molar-refractivity contribution in [2.24, 2.45) is 5.73 Å². The Kier molecular flexibility index (Phi) is 4.17. The maximum atomic E-state index is 13.1. The molecule has 0 spiro atoms. The van der Waals surface area contributed by atoms with Gasteiger partial charge < -0.3 is 15.6 Å². The standard InChI is InChI=1S/C22H18N2O3/c23-12-17-20(14-7-4-8-16(25)9-14)21-18(26)10-15(11-19(21)27-22(17)24)13-5-2-1-3-6-13/h1-9,15,20,25H,10-11,24H2/t15-,20+/m1/s1. The number of hydrogen-bond donors (Lipinski definition) is 2. The molecule has 2 aromatic carbocycles. The third-order valence-electron chi connectivity index (χ3n) is 5.14. The topological polar surface area (TPSA) is 96.3 Å². The second-order valence-electron chi connectivity index (χ2n) is 6.80. The van der Waals surface area contributed by atoms with Gasteiger partial charge in [-0.15, -0.1) is 0 Å². The van der Waals surface area contributed by atoms with E-state index in [-0.39, 0.29) is 28.9 Å². The van der Waals surface area contributed by atoms with E-state index in [0.717, 1.165) is 5.56 Å². The number of aromatic hydroxyl groups is 1. The number of ether oxygens (including phenoxy) is 1. The highest BCUT2D eigenvalue weighted by atomic mass is 16.5. The molecule has 4 rings (SSSR count). The van der Waals surface area contributed by atoms with Gasteiger partial charge in [-0.2, -0.15) is 5.26 Å². The van der Waals surface area contributed by atoms with Crippen LogP contribution in [0, 0.1) is 11.3 Å². The summed E-state index contributed by atoms with van der Waals surface area (Å²) in [6, 6.07) is 18.5. The van der Waals surface area contributed by atoms with Crippen LogP contribution in [0.5, 0.6) is 5.75 Å². The number of nitrogens with two attached hydrogens (primary N) is 1. The molecule has 1 aliphatic heterocycles.